The van der Waals surface area contributed by atoms with E-state index in [9.17, 15) is 5.11 Å². The molecule has 0 radical (unpaired) electrons. The minimum Gasteiger partial charge on any atom is -0.504 e. The number of aromatic nitrogens is 2. The van der Waals surface area contributed by atoms with E-state index in [0.717, 1.165) is 42.9 Å². The molecule has 2 heterocycles. The number of nitrogens with zero attached hydrogens (tertiary/aromatic N) is 3. The number of fused-ring (bicyclic) bond motifs is 1. The molecule has 0 unspecified atom stereocenters. The molecule has 2 N–H and O–H groups in total. The Morgan fingerprint density at radius 2 is 1.39 bits per heavy atom. The number of hydrogen-bond donors (Lipinski definition) is 2. The van der Waals surface area contributed by atoms with Crippen molar-refractivity contribution in [3.8, 4) is 22.9 Å². The molecule has 6 rings (SSSR count). The molecule has 0 saturated carbocycles. The topological polar surface area (TPSA) is 62.9 Å². The van der Waals surface area contributed by atoms with Crippen LogP contribution in [0.3, 0.4) is 0 Å². The fourth-order valence-corrected chi connectivity index (χ4v) is 5.54. The zero-order valence-electron chi connectivity index (χ0n) is 21.4. The smallest absolute Gasteiger partial charge is 0.168 e. The highest BCUT2D eigenvalue weighted by molar-refractivity contribution is 5.91. The minimum absolute atomic E-state index is 0.0547. The zero-order valence-corrected chi connectivity index (χ0v) is 21.4. The molecular formula is C32H31N4O2+. The highest BCUT2D eigenvalue weighted by atomic mass is 16.5. The number of anilines is 1. The fraction of sp³-hybridized carbons (Fsp3) is 0.188. The second-order valence-corrected chi connectivity index (χ2v) is 9.64. The predicted octanol–water partition coefficient (Wildman–Crippen LogP) is 4.51. The van der Waals surface area contributed by atoms with Gasteiger partial charge in [-0.3, -0.25) is 0 Å². The van der Waals surface area contributed by atoms with E-state index in [2.05, 4.69) is 71.6 Å². The Morgan fingerprint density at radius 1 is 0.763 bits per heavy atom. The molecule has 0 aliphatic carbocycles. The van der Waals surface area contributed by atoms with Crippen molar-refractivity contribution in [1.29, 1.82) is 0 Å². The van der Waals surface area contributed by atoms with Gasteiger partial charge < -0.3 is 19.6 Å². The maximum atomic E-state index is 10.8. The van der Waals surface area contributed by atoms with Gasteiger partial charge in [0, 0.05) is 16.5 Å². The Kier molecular flexibility index (Phi) is 6.63. The average molecular weight is 504 g/mol. The average Bonchev–Trinajstić information content (AvgIpc) is 2.98. The van der Waals surface area contributed by atoms with Crippen LogP contribution < -0.4 is 14.5 Å². The van der Waals surface area contributed by atoms with Crippen LogP contribution in [0.15, 0.2) is 103 Å². The van der Waals surface area contributed by atoms with E-state index in [1.54, 1.807) is 18.1 Å². The van der Waals surface area contributed by atoms with Gasteiger partial charge in [0.1, 0.15) is 11.9 Å². The van der Waals surface area contributed by atoms with E-state index in [0.29, 0.717) is 17.1 Å². The molecule has 6 nitrogen and oxygen atoms in total. The van der Waals surface area contributed by atoms with Gasteiger partial charge in [0.25, 0.3) is 0 Å². The number of rotatable bonds is 6. The Balaban J connectivity index is 1.33. The molecule has 38 heavy (non-hydrogen) atoms. The third-order valence-corrected chi connectivity index (χ3v) is 7.42. The summed E-state index contributed by atoms with van der Waals surface area (Å²) < 4.78 is 5.33. The number of phenols is 1. The van der Waals surface area contributed by atoms with Crippen molar-refractivity contribution >= 4 is 16.7 Å². The van der Waals surface area contributed by atoms with Gasteiger partial charge in [0.2, 0.25) is 0 Å². The normalized spacial score (nSPS) is 14.2. The highest BCUT2D eigenvalue weighted by Crippen LogP contribution is 2.37. The van der Waals surface area contributed by atoms with Gasteiger partial charge in [-0.1, -0.05) is 78.9 Å². The first-order valence-corrected chi connectivity index (χ1v) is 13.1. The van der Waals surface area contributed by atoms with Gasteiger partial charge in [-0.25, -0.2) is 9.97 Å². The first-order valence-electron chi connectivity index (χ1n) is 13.1. The number of aromatic hydroxyl groups is 1. The third-order valence-electron chi connectivity index (χ3n) is 7.42. The third kappa shape index (κ3) is 4.55. The van der Waals surface area contributed by atoms with Crippen LogP contribution in [0.5, 0.6) is 11.5 Å². The van der Waals surface area contributed by atoms with E-state index in [1.165, 1.54) is 11.1 Å². The first kappa shape index (κ1) is 23.9. The predicted molar refractivity (Wildman–Crippen MR) is 151 cm³/mol. The van der Waals surface area contributed by atoms with Crippen molar-refractivity contribution in [3.63, 3.8) is 0 Å². The molecule has 5 aromatic rings. The summed E-state index contributed by atoms with van der Waals surface area (Å²) in [5.74, 6) is 1.86. The van der Waals surface area contributed by atoms with Crippen LogP contribution in [0.1, 0.15) is 17.2 Å². The lowest BCUT2D eigenvalue weighted by Crippen LogP contribution is -3.15. The van der Waals surface area contributed by atoms with E-state index in [1.807, 2.05) is 30.3 Å². The lowest BCUT2D eigenvalue weighted by Gasteiger charge is -2.37. The summed E-state index contributed by atoms with van der Waals surface area (Å²) in [6.45, 7) is 3.70. The van der Waals surface area contributed by atoms with Crippen molar-refractivity contribution in [3.05, 3.63) is 114 Å². The molecular weight excluding hydrogens is 472 g/mol. The van der Waals surface area contributed by atoms with E-state index < -0.39 is 0 Å². The molecule has 4 aromatic carbocycles. The number of hydrogen-bond acceptors (Lipinski definition) is 5. The van der Waals surface area contributed by atoms with Gasteiger partial charge in [-0.15, -0.1) is 0 Å². The van der Waals surface area contributed by atoms with Crippen molar-refractivity contribution in [2.75, 3.05) is 38.2 Å². The van der Waals surface area contributed by atoms with Crippen molar-refractivity contribution in [2.45, 2.75) is 6.04 Å². The Hall–Kier alpha value is -4.42. The molecule has 1 fully saturated rings. The Labute approximate surface area is 222 Å². The van der Waals surface area contributed by atoms with E-state index >= 15 is 0 Å². The quantitative estimate of drug-likeness (QED) is 0.357. The van der Waals surface area contributed by atoms with Crippen LogP contribution in [0.2, 0.25) is 0 Å². The maximum absolute atomic E-state index is 10.8. The summed E-state index contributed by atoms with van der Waals surface area (Å²) in [7, 11) is 1.55. The van der Waals surface area contributed by atoms with Crippen LogP contribution in [0.25, 0.3) is 22.3 Å². The van der Waals surface area contributed by atoms with Crippen molar-refractivity contribution in [2.24, 2.45) is 0 Å². The first-order chi connectivity index (χ1) is 18.7. The number of quaternary nitrogens is 1. The monoisotopic (exact) mass is 503 g/mol. The lowest BCUT2D eigenvalue weighted by atomic mass is 9.96. The van der Waals surface area contributed by atoms with Crippen LogP contribution >= 0.6 is 0 Å². The van der Waals surface area contributed by atoms with Crippen molar-refractivity contribution < 1.29 is 14.7 Å². The molecule has 0 amide bonds. The van der Waals surface area contributed by atoms with Gasteiger partial charge in [0.05, 0.1) is 44.4 Å². The second kappa shape index (κ2) is 10.5. The van der Waals surface area contributed by atoms with Gasteiger partial charge in [-0.2, -0.15) is 0 Å². The van der Waals surface area contributed by atoms with Crippen LogP contribution in [0, 0.1) is 0 Å². The van der Waals surface area contributed by atoms with Gasteiger partial charge in [-0.05, 0) is 24.3 Å². The number of para-hydroxylation sites is 2. The number of phenolic OH excluding ortho intramolecular Hbond substituents is 1. The Bertz CT molecular complexity index is 1490. The molecule has 6 heteroatoms. The molecule has 0 bridgehead atoms. The number of benzene rings is 4. The van der Waals surface area contributed by atoms with E-state index in [4.69, 9.17) is 14.7 Å². The molecule has 1 saturated heterocycles. The molecule has 1 aromatic heterocycles. The SMILES string of the molecule is COc1cccc(-c2nc(N3CC[NH+](C(c4ccccc4)c4ccccc4)CC3)c3ccccc3n2)c1O. The summed E-state index contributed by atoms with van der Waals surface area (Å²) >= 11 is 0. The van der Waals surface area contributed by atoms with Gasteiger partial charge in [0.15, 0.2) is 17.3 Å². The molecule has 0 spiro atoms. The Morgan fingerprint density at radius 3 is 2.05 bits per heavy atom. The number of piperazine rings is 1. The standard InChI is InChI=1S/C32H30N4O2/c1-38-28-18-10-16-26(30(28)37)31-33-27-17-9-8-15-25(27)32(34-31)36-21-19-35(20-22-36)29(23-11-4-2-5-12-23)24-13-6-3-7-14-24/h2-18,29,37H,19-22H2,1H3/p+1. The highest BCUT2D eigenvalue weighted by Gasteiger charge is 2.31. The number of nitrogens with one attached hydrogen (secondary N) is 1. The zero-order chi connectivity index (χ0) is 25.9. The largest absolute Gasteiger partial charge is 0.504 e. The molecule has 190 valence electrons. The molecule has 0 atom stereocenters. The summed E-state index contributed by atoms with van der Waals surface area (Å²) in [4.78, 5) is 13.7. The van der Waals surface area contributed by atoms with Gasteiger partial charge >= 0.3 is 0 Å². The van der Waals surface area contributed by atoms with Crippen LogP contribution in [0.4, 0.5) is 5.82 Å². The maximum Gasteiger partial charge on any atom is 0.168 e. The minimum atomic E-state index is 0.0547. The molecule has 1 aliphatic rings. The second-order valence-electron chi connectivity index (χ2n) is 9.64. The van der Waals surface area contributed by atoms with Crippen LogP contribution in [-0.2, 0) is 0 Å². The van der Waals surface area contributed by atoms with Crippen molar-refractivity contribution in [1.82, 2.24) is 9.97 Å². The fourth-order valence-electron chi connectivity index (χ4n) is 5.54. The van der Waals surface area contributed by atoms with E-state index in [-0.39, 0.29) is 11.8 Å². The summed E-state index contributed by atoms with van der Waals surface area (Å²) in [6, 6.07) is 35.4. The summed E-state index contributed by atoms with van der Waals surface area (Å²) in [6.07, 6.45) is 0. The molecule has 1 aliphatic heterocycles. The summed E-state index contributed by atoms with van der Waals surface area (Å²) in [5, 5.41) is 11.8. The lowest BCUT2D eigenvalue weighted by molar-refractivity contribution is -0.926. The number of ether oxygens (including phenoxy) is 1. The number of methoxy groups -OCH3 is 1. The van der Waals surface area contributed by atoms with Crippen LogP contribution in [-0.4, -0.2) is 48.4 Å². The summed E-state index contributed by atoms with van der Waals surface area (Å²) in [5.41, 5.74) is 4.10.